The van der Waals surface area contributed by atoms with E-state index in [-0.39, 0.29) is 28.3 Å². The van der Waals surface area contributed by atoms with Crippen LogP contribution in [0.4, 0.5) is 0 Å². The SMILES string of the molecule is CC1CCCC(N(C)C(=O)C2CCN(S(=O)(=O)c3ccc4c(c3)oc(=O)n4C)CC2)C1C. The number of oxazole rings is 1. The summed E-state index contributed by atoms with van der Waals surface area (Å²) in [6.07, 6.45) is 4.44. The van der Waals surface area contributed by atoms with Crippen molar-refractivity contribution in [2.24, 2.45) is 24.8 Å². The molecule has 1 aromatic carbocycles. The van der Waals surface area contributed by atoms with Gasteiger partial charge in [-0.15, -0.1) is 0 Å². The lowest BCUT2D eigenvalue weighted by Crippen LogP contribution is -2.49. The summed E-state index contributed by atoms with van der Waals surface area (Å²) in [4.78, 5) is 26.9. The van der Waals surface area contributed by atoms with Gasteiger partial charge in [-0.2, -0.15) is 4.31 Å². The highest BCUT2D eigenvalue weighted by Gasteiger charge is 2.37. The van der Waals surface area contributed by atoms with Gasteiger partial charge in [0, 0.05) is 45.2 Å². The largest absolute Gasteiger partial charge is 0.419 e. The topological polar surface area (TPSA) is 92.8 Å². The molecule has 0 radical (unpaired) electrons. The predicted octanol–water partition coefficient (Wildman–Crippen LogP) is 2.82. The highest BCUT2D eigenvalue weighted by molar-refractivity contribution is 7.89. The van der Waals surface area contributed by atoms with Crippen LogP contribution in [0.1, 0.15) is 46.0 Å². The number of rotatable bonds is 4. The number of aryl methyl sites for hydroxylation is 1. The van der Waals surface area contributed by atoms with Gasteiger partial charge in [0.15, 0.2) is 5.58 Å². The average Bonchev–Trinajstić information content (AvgIpc) is 3.07. The summed E-state index contributed by atoms with van der Waals surface area (Å²) in [7, 11) is -0.236. The Labute approximate surface area is 189 Å². The minimum absolute atomic E-state index is 0.103. The summed E-state index contributed by atoms with van der Waals surface area (Å²) >= 11 is 0. The minimum Gasteiger partial charge on any atom is -0.408 e. The summed E-state index contributed by atoms with van der Waals surface area (Å²) in [5, 5.41) is 0. The summed E-state index contributed by atoms with van der Waals surface area (Å²) in [5.41, 5.74) is 0.800. The number of carbonyl (C=O) groups is 1. The first-order valence-corrected chi connectivity index (χ1v) is 12.9. The lowest BCUT2D eigenvalue weighted by molar-refractivity contribution is -0.139. The molecular weight excluding hydrogens is 430 g/mol. The number of benzene rings is 1. The van der Waals surface area contributed by atoms with Crippen LogP contribution >= 0.6 is 0 Å². The van der Waals surface area contributed by atoms with Crippen LogP contribution in [0.5, 0.6) is 0 Å². The fourth-order valence-electron chi connectivity index (χ4n) is 5.32. The highest BCUT2D eigenvalue weighted by Crippen LogP contribution is 2.34. The molecular formula is C23H33N3O5S. The first-order valence-electron chi connectivity index (χ1n) is 11.5. The van der Waals surface area contributed by atoms with E-state index in [1.807, 2.05) is 11.9 Å². The van der Waals surface area contributed by atoms with E-state index in [1.54, 1.807) is 13.1 Å². The average molecular weight is 464 g/mol. The molecule has 1 aromatic heterocycles. The Morgan fingerprint density at radius 3 is 2.50 bits per heavy atom. The van der Waals surface area contributed by atoms with Crippen LogP contribution in [0.15, 0.2) is 32.3 Å². The highest BCUT2D eigenvalue weighted by atomic mass is 32.2. The van der Waals surface area contributed by atoms with Crippen molar-refractivity contribution in [2.45, 2.75) is 56.9 Å². The van der Waals surface area contributed by atoms with Crippen molar-refractivity contribution in [2.75, 3.05) is 20.1 Å². The van der Waals surface area contributed by atoms with E-state index in [4.69, 9.17) is 4.42 Å². The van der Waals surface area contributed by atoms with Gasteiger partial charge in [0.05, 0.1) is 10.4 Å². The third kappa shape index (κ3) is 4.01. The molecule has 8 nitrogen and oxygen atoms in total. The van der Waals surface area contributed by atoms with Crippen molar-refractivity contribution >= 4 is 27.0 Å². The molecule has 2 aliphatic rings. The van der Waals surface area contributed by atoms with Crippen molar-refractivity contribution < 1.29 is 17.6 Å². The second-order valence-corrected chi connectivity index (χ2v) is 11.5. The van der Waals surface area contributed by atoms with E-state index in [9.17, 15) is 18.0 Å². The summed E-state index contributed by atoms with van der Waals surface area (Å²) in [6, 6.07) is 4.76. The van der Waals surface area contributed by atoms with Gasteiger partial charge in [-0.25, -0.2) is 13.2 Å². The molecule has 1 aliphatic carbocycles. The van der Waals surface area contributed by atoms with E-state index in [0.29, 0.717) is 43.3 Å². The number of hydrogen-bond acceptors (Lipinski definition) is 5. The second kappa shape index (κ2) is 8.67. The standard InChI is InChI=1S/C23H33N3O5S/c1-15-6-5-7-19(16(15)2)24(3)22(27)17-10-12-26(13-11-17)32(29,30)18-8-9-20-21(14-18)31-23(28)25(20)4/h8-9,14-17,19H,5-7,10-13H2,1-4H3. The molecule has 176 valence electrons. The van der Waals surface area contributed by atoms with Crippen LogP contribution in [0, 0.1) is 17.8 Å². The molecule has 3 unspecified atom stereocenters. The zero-order chi connectivity index (χ0) is 23.2. The van der Waals surface area contributed by atoms with Gasteiger partial charge in [-0.1, -0.05) is 26.7 Å². The van der Waals surface area contributed by atoms with Gasteiger partial charge in [-0.3, -0.25) is 9.36 Å². The number of aromatic nitrogens is 1. The van der Waals surface area contributed by atoms with Crippen LogP contribution in [-0.2, 0) is 21.9 Å². The minimum atomic E-state index is -3.73. The molecule has 0 N–H and O–H groups in total. The lowest BCUT2D eigenvalue weighted by atomic mass is 9.77. The Morgan fingerprint density at radius 1 is 1.12 bits per heavy atom. The van der Waals surface area contributed by atoms with Gasteiger partial charge in [-0.05, 0) is 43.2 Å². The molecule has 1 aliphatic heterocycles. The number of amides is 1. The van der Waals surface area contributed by atoms with Crippen molar-refractivity contribution in [1.29, 1.82) is 0 Å². The molecule has 2 heterocycles. The van der Waals surface area contributed by atoms with Gasteiger partial charge in [0.25, 0.3) is 0 Å². The van der Waals surface area contributed by atoms with Crippen LogP contribution in [0.3, 0.4) is 0 Å². The maximum absolute atomic E-state index is 13.2. The Hall–Kier alpha value is -2.13. The normalized spacial score (nSPS) is 25.8. The number of hydrogen-bond donors (Lipinski definition) is 0. The molecule has 1 amide bonds. The number of piperidine rings is 1. The second-order valence-electron chi connectivity index (χ2n) is 9.52. The van der Waals surface area contributed by atoms with Crippen molar-refractivity contribution in [1.82, 2.24) is 13.8 Å². The van der Waals surface area contributed by atoms with E-state index in [2.05, 4.69) is 13.8 Å². The molecule has 3 atom stereocenters. The third-order valence-electron chi connectivity index (χ3n) is 7.71. The molecule has 2 aromatic rings. The smallest absolute Gasteiger partial charge is 0.408 e. The van der Waals surface area contributed by atoms with Crippen LogP contribution < -0.4 is 5.76 Å². The van der Waals surface area contributed by atoms with Gasteiger partial charge in [0.1, 0.15) is 0 Å². The first-order chi connectivity index (χ1) is 15.1. The molecule has 32 heavy (non-hydrogen) atoms. The van der Waals surface area contributed by atoms with Crippen molar-refractivity contribution in [3.63, 3.8) is 0 Å². The Kier molecular flexibility index (Phi) is 6.24. The van der Waals surface area contributed by atoms with Crippen LogP contribution in [-0.4, -0.2) is 54.3 Å². The van der Waals surface area contributed by atoms with E-state index < -0.39 is 15.8 Å². The molecule has 4 rings (SSSR count). The fourth-order valence-corrected chi connectivity index (χ4v) is 6.80. The molecule has 0 bridgehead atoms. The van der Waals surface area contributed by atoms with Crippen LogP contribution in [0.2, 0.25) is 0 Å². The van der Waals surface area contributed by atoms with E-state index in [0.717, 1.165) is 12.8 Å². The van der Waals surface area contributed by atoms with Gasteiger partial charge in [0.2, 0.25) is 15.9 Å². The van der Waals surface area contributed by atoms with Gasteiger partial charge >= 0.3 is 5.76 Å². The number of carbonyl (C=O) groups excluding carboxylic acids is 1. The van der Waals surface area contributed by atoms with E-state index >= 15 is 0 Å². The third-order valence-corrected chi connectivity index (χ3v) is 9.61. The lowest BCUT2D eigenvalue weighted by Gasteiger charge is -2.42. The molecule has 2 fully saturated rings. The number of sulfonamides is 1. The Morgan fingerprint density at radius 2 is 1.81 bits per heavy atom. The summed E-state index contributed by atoms with van der Waals surface area (Å²) in [6.45, 7) is 5.11. The predicted molar refractivity (Wildman–Crippen MR) is 122 cm³/mol. The maximum Gasteiger partial charge on any atom is 0.419 e. The molecule has 0 spiro atoms. The summed E-state index contributed by atoms with van der Waals surface area (Å²) < 4.78 is 34.2. The summed E-state index contributed by atoms with van der Waals surface area (Å²) in [5.74, 6) is 0.555. The first kappa shape index (κ1) is 23.0. The zero-order valence-electron chi connectivity index (χ0n) is 19.3. The molecule has 9 heteroatoms. The zero-order valence-corrected chi connectivity index (χ0v) is 20.1. The fraction of sp³-hybridized carbons (Fsp3) is 0.652. The van der Waals surface area contributed by atoms with Crippen LogP contribution in [0.25, 0.3) is 11.1 Å². The Balaban J connectivity index is 1.43. The number of nitrogens with zero attached hydrogens (tertiary/aromatic N) is 3. The number of fused-ring (bicyclic) bond motifs is 1. The van der Waals surface area contributed by atoms with Crippen molar-refractivity contribution in [3.05, 3.63) is 28.7 Å². The van der Waals surface area contributed by atoms with Crippen molar-refractivity contribution in [3.8, 4) is 0 Å². The monoisotopic (exact) mass is 463 g/mol. The molecule has 1 saturated heterocycles. The molecule has 1 saturated carbocycles. The quantitative estimate of drug-likeness (QED) is 0.695. The van der Waals surface area contributed by atoms with E-state index in [1.165, 1.54) is 27.4 Å². The Bertz CT molecular complexity index is 1160. The van der Waals surface area contributed by atoms with Gasteiger partial charge < -0.3 is 9.32 Å². The maximum atomic E-state index is 13.2.